The summed E-state index contributed by atoms with van der Waals surface area (Å²) < 4.78 is 30.5. The summed E-state index contributed by atoms with van der Waals surface area (Å²) in [6, 6.07) is 1.78. The van der Waals surface area contributed by atoms with Crippen LogP contribution >= 0.6 is 0 Å². The standard InChI is InChI=1S/C13H22N4O4S/c1-10-14-11(8-13(15-10)16(2)4-6-18)12-9-17(5-7-21-12)22(3,19)20/h8,12,18H,4-7,9H2,1-3H3/t12-/m0/s1. The molecule has 8 nitrogen and oxygen atoms in total. The Balaban J connectivity index is 2.24. The number of hydrogen-bond donors (Lipinski definition) is 1. The summed E-state index contributed by atoms with van der Waals surface area (Å²) >= 11 is 0. The Morgan fingerprint density at radius 2 is 2.23 bits per heavy atom. The van der Waals surface area contributed by atoms with E-state index >= 15 is 0 Å². The van der Waals surface area contributed by atoms with Crippen LogP contribution in [-0.2, 0) is 14.8 Å². The average molecular weight is 330 g/mol. The molecule has 0 aromatic carbocycles. The van der Waals surface area contributed by atoms with Crippen molar-refractivity contribution in [2.24, 2.45) is 0 Å². The van der Waals surface area contributed by atoms with E-state index in [4.69, 9.17) is 9.84 Å². The summed E-state index contributed by atoms with van der Waals surface area (Å²) in [5.41, 5.74) is 0.653. The zero-order valence-electron chi connectivity index (χ0n) is 13.1. The predicted molar refractivity (Wildman–Crippen MR) is 82.2 cm³/mol. The number of hydrogen-bond acceptors (Lipinski definition) is 7. The molecule has 2 rings (SSSR count). The number of ether oxygens (including phenoxy) is 1. The van der Waals surface area contributed by atoms with Crippen LogP contribution in [0.5, 0.6) is 0 Å². The molecular formula is C13H22N4O4S. The molecule has 9 heteroatoms. The van der Waals surface area contributed by atoms with Crippen LogP contribution in [0.2, 0.25) is 0 Å². The van der Waals surface area contributed by atoms with Gasteiger partial charge in [0.1, 0.15) is 17.7 Å². The van der Waals surface area contributed by atoms with Crippen molar-refractivity contribution in [3.05, 3.63) is 17.6 Å². The van der Waals surface area contributed by atoms with Gasteiger partial charge in [-0.05, 0) is 6.92 Å². The summed E-state index contributed by atoms with van der Waals surface area (Å²) in [6.45, 7) is 3.20. The summed E-state index contributed by atoms with van der Waals surface area (Å²) in [5, 5.41) is 9.03. The van der Waals surface area contributed by atoms with Crippen LogP contribution in [0, 0.1) is 6.92 Å². The van der Waals surface area contributed by atoms with Crippen molar-refractivity contribution in [1.29, 1.82) is 0 Å². The maximum Gasteiger partial charge on any atom is 0.211 e. The van der Waals surface area contributed by atoms with Crippen molar-refractivity contribution in [3.8, 4) is 0 Å². The topological polar surface area (TPSA) is 95.9 Å². The quantitative estimate of drug-likeness (QED) is 0.781. The highest BCUT2D eigenvalue weighted by Crippen LogP contribution is 2.24. The van der Waals surface area contributed by atoms with Crippen LogP contribution < -0.4 is 4.90 Å². The Bertz CT molecular complexity index is 622. The first kappa shape index (κ1) is 17.1. The van der Waals surface area contributed by atoms with Crippen molar-refractivity contribution in [2.75, 3.05) is 51.1 Å². The molecule has 0 unspecified atom stereocenters. The number of aliphatic hydroxyl groups excluding tert-OH is 1. The van der Waals surface area contributed by atoms with E-state index in [1.807, 2.05) is 11.9 Å². The fraction of sp³-hybridized carbons (Fsp3) is 0.692. The van der Waals surface area contributed by atoms with E-state index in [-0.39, 0.29) is 13.2 Å². The number of rotatable bonds is 5. The molecule has 1 saturated heterocycles. The van der Waals surface area contributed by atoms with Crippen LogP contribution in [0.25, 0.3) is 0 Å². The Hall–Kier alpha value is -1.29. The molecular weight excluding hydrogens is 308 g/mol. The van der Waals surface area contributed by atoms with E-state index in [2.05, 4.69) is 9.97 Å². The normalized spacial score (nSPS) is 20.1. The van der Waals surface area contributed by atoms with Gasteiger partial charge in [0, 0.05) is 32.7 Å². The van der Waals surface area contributed by atoms with Crippen LogP contribution in [0.15, 0.2) is 6.07 Å². The molecule has 124 valence electrons. The number of nitrogens with zero attached hydrogens (tertiary/aromatic N) is 4. The van der Waals surface area contributed by atoms with Crippen LogP contribution in [0.3, 0.4) is 0 Å². The molecule has 0 aliphatic carbocycles. The highest BCUT2D eigenvalue weighted by molar-refractivity contribution is 7.88. The Kier molecular flexibility index (Phi) is 5.32. The summed E-state index contributed by atoms with van der Waals surface area (Å²) in [4.78, 5) is 10.5. The molecule has 2 heterocycles. The van der Waals surface area contributed by atoms with Crippen molar-refractivity contribution in [2.45, 2.75) is 13.0 Å². The van der Waals surface area contributed by atoms with E-state index in [9.17, 15) is 8.42 Å². The minimum absolute atomic E-state index is 0.0245. The van der Waals surface area contributed by atoms with Gasteiger partial charge in [-0.3, -0.25) is 0 Å². The summed E-state index contributed by atoms with van der Waals surface area (Å²) in [5.74, 6) is 1.26. The van der Waals surface area contributed by atoms with E-state index in [1.54, 1.807) is 13.0 Å². The SMILES string of the molecule is Cc1nc([C@@H]2CN(S(C)(=O)=O)CCO2)cc(N(C)CCO)n1. The number of aromatic nitrogens is 2. The number of sulfonamides is 1. The smallest absolute Gasteiger partial charge is 0.211 e. The van der Waals surface area contributed by atoms with Crippen LogP contribution in [0.1, 0.15) is 17.6 Å². The Morgan fingerprint density at radius 1 is 1.50 bits per heavy atom. The van der Waals surface area contributed by atoms with Gasteiger partial charge in [0.2, 0.25) is 10.0 Å². The Morgan fingerprint density at radius 3 is 2.86 bits per heavy atom. The first-order chi connectivity index (χ1) is 10.3. The fourth-order valence-corrected chi connectivity index (χ4v) is 3.12. The minimum Gasteiger partial charge on any atom is -0.395 e. The van der Waals surface area contributed by atoms with E-state index in [0.717, 1.165) is 0 Å². The van der Waals surface area contributed by atoms with Gasteiger partial charge in [-0.1, -0.05) is 0 Å². The van der Waals surface area contributed by atoms with Gasteiger partial charge in [-0.2, -0.15) is 4.31 Å². The van der Waals surface area contributed by atoms with Crippen LogP contribution in [0.4, 0.5) is 5.82 Å². The second kappa shape index (κ2) is 6.86. The first-order valence-corrected chi connectivity index (χ1v) is 8.90. The molecule has 1 aromatic rings. The van der Waals surface area contributed by atoms with Gasteiger partial charge in [0.15, 0.2) is 0 Å². The van der Waals surface area contributed by atoms with Crippen molar-refractivity contribution in [1.82, 2.24) is 14.3 Å². The number of aryl methyl sites for hydroxylation is 1. The second-order valence-electron chi connectivity index (χ2n) is 5.32. The molecule has 0 spiro atoms. The van der Waals surface area contributed by atoms with Gasteiger partial charge < -0.3 is 14.7 Å². The first-order valence-electron chi connectivity index (χ1n) is 7.05. The second-order valence-corrected chi connectivity index (χ2v) is 7.31. The number of anilines is 1. The van der Waals surface area contributed by atoms with Crippen LogP contribution in [-0.4, -0.2) is 73.9 Å². The van der Waals surface area contributed by atoms with Gasteiger partial charge >= 0.3 is 0 Å². The molecule has 1 aromatic heterocycles. The van der Waals surface area contributed by atoms with Gasteiger partial charge in [-0.25, -0.2) is 18.4 Å². The minimum atomic E-state index is -3.25. The monoisotopic (exact) mass is 330 g/mol. The average Bonchev–Trinajstić information content (AvgIpc) is 2.46. The van der Waals surface area contributed by atoms with Gasteiger partial charge in [-0.15, -0.1) is 0 Å². The lowest BCUT2D eigenvalue weighted by Crippen LogP contribution is -2.42. The van der Waals surface area contributed by atoms with Crippen molar-refractivity contribution < 1.29 is 18.3 Å². The molecule has 1 N–H and O–H groups in total. The molecule has 1 aliphatic heterocycles. The molecule has 0 bridgehead atoms. The lowest BCUT2D eigenvalue weighted by Gasteiger charge is -2.31. The lowest BCUT2D eigenvalue weighted by atomic mass is 10.2. The van der Waals surface area contributed by atoms with Crippen molar-refractivity contribution >= 4 is 15.8 Å². The molecule has 0 saturated carbocycles. The third-order valence-electron chi connectivity index (χ3n) is 3.50. The largest absolute Gasteiger partial charge is 0.395 e. The maximum atomic E-state index is 11.7. The van der Waals surface area contributed by atoms with E-state index in [1.165, 1.54) is 10.6 Å². The summed E-state index contributed by atoms with van der Waals surface area (Å²) in [6.07, 6.45) is 0.785. The fourth-order valence-electron chi connectivity index (χ4n) is 2.31. The number of likely N-dealkylation sites (N-methyl/N-ethyl adjacent to an activating group) is 1. The zero-order valence-corrected chi connectivity index (χ0v) is 13.9. The third-order valence-corrected chi connectivity index (χ3v) is 4.77. The van der Waals surface area contributed by atoms with Gasteiger partial charge in [0.25, 0.3) is 0 Å². The molecule has 1 atom stereocenters. The molecule has 0 amide bonds. The van der Waals surface area contributed by atoms with Crippen molar-refractivity contribution in [3.63, 3.8) is 0 Å². The van der Waals surface area contributed by atoms with Gasteiger partial charge in [0.05, 0.1) is 25.2 Å². The molecule has 1 fully saturated rings. The molecule has 22 heavy (non-hydrogen) atoms. The highest BCUT2D eigenvalue weighted by atomic mass is 32.2. The predicted octanol–water partition coefficient (Wildman–Crippen LogP) is -0.454. The molecule has 0 radical (unpaired) electrons. The number of aliphatic hydroxyl groups is 1. The summed E-state index contributed by atoms with van der Waals surface area (Å²) in [7, 11) is -1.42. The zero-order chi connectivity index (χ0) is 16.3. The highest BCUT2D eigenvalue weighted by Gasteiger charge is 2.29. The lowest BCUT2D eigenvalue weighted by molar-refractivity contribution is -0.00485. The third kappa shape index (κ3) is 4.13. The Labute approximate surface area is 130 Å². The maximum absolute atomic E-state index is 11.7. The number of morpholine rings is 1. The molecule has 1 aliphatic rings. The van der Waals surface area contributed by atoms with E-state index < -0.39 is 16.1 Å². The van der Waals surface area contributed by atoms with E-state index in [0.29, 0.717) is 37.0 Å².